The second kappa shape index (κ2) is 10.6. The number of amides is 2. The zero-order chi connectivity index (χ0) is 22.1. The van der Waals surface area contributed by atoms with Crippen LogP contribution in [-0.2, 0) is 4.79 Å². The number of carbonyl (C=O) groups excluding carboxylic acids is 2. The number of hydrazone groups is 1. The molecule has 7 heteroatoms. The van der Waals surface area contributed by atoms with E-state index in [9.17, 15) is 9.59 Å². The van der Waals surface area contributed by atoms with Crippen molar-refractivity contribution in [1.82, 2.24) is 10.7 Å². The van der Waals surface area contributed by atoms with Crippen molar-refractivity contribution in [2.24, 2.45) is 5.10 Å². The van der Waals surface area contributed by atoms with Gasteiger partial charge in [0, 0.05) is 11.1 Å². The largest absolute Gasteiger partial charge is 0.497 e. The van der Waals surface area contributed by atoms with Crippen LogP contribution >= 0.6 is 0 Å². The average molecular weight is 417 g/mol. The fourth-order valence-electron chi connectivity index (χ4n) is 2.90. The van der Waals surface area contributed by atoms with Crippen LogP contribution in [0.3, 0.4) is 0 Å². The van der Waals surface area contributed by atoms with Crippen LogP contribution in [0, 0.1) is 0 Å². The van der Waals surface area contributed by atoms with Crippen molar-refractivity contribution in [3.05, 3.63) is 95.6 Å². The summed E-state index contributed by atoms with van der Waals surface area (Å²) in [7, 11) is 3.12. The van der Waals surface area contributed by atoms with E-state index in [0.717, 1.165) is 0 Å². The minimum Gasteiger partial charge on any atom is -0.497 e. The predicted molar refractivity (Wildman–Crippen MR) is 118 cm³/mol. The Kier molecular flexibility index (Phi) is 7.37. The summed E-state index contributed by atoms with van der Waals surface area (Å²) in [5.41, 5.74) is 4.25. The van der Waals surface area contributed by atoms with Crippen LogP contribution in [0.1, 0.15) is 27.5 Å². The molecule has 0 bridgehead atoms. The summed E-state index contributed by atoms with van der Waals surface area (Å²) in [6.07, 6.45) is 1.49. The van der Waals surface area contributed by atoms with Crippen molar-refractivity contribution >= 4 is 18.0 Å². The van der Waals surface area contributed by atoms with Crippen LogP contribution in [0.5, 0.6) is 11.5 Å². The first-order valence-corrected chi connectivity index (χ1v) is 9.58. The van der Waals surface area contributed by atoms with Gasteiger partial charge in [-0.25, -0.2) is 5.43 Å². The molecular weight excluding hydrogens is 394 g/mol. The molecule has 0 heterocycles. The summed E-state index contributed by atoms with van der Waals surface area (Å²) in [5.74, 6) is 0.418. The van der Waals surface area contributed by atoms with E-state index in [4.69, 9.17) is 9.47 Å². The molecule has 1 atom stereocenters. The van der Waals surface area contributed by atoms with E-state index in [1.54, 1.807) is 68.8 Å². The van der Waals surface area contributed by atoms with Gasteiger partial charge in [-0.3, -0.25) is 9.59 Å². The first kappa shape index (κ1) is 21.6. The van der Waals surface area contributed by atoms with Crippen molar-refractivity contribution in [3.8, 4) is 11.5 Å². The summed E-state index contributed by atoms with van der Waals surface area (Å²) in [6.45, 7) is 0. The van der Waals surface area contributed by atoms with Crippen molar-refractivity contribution in [1.29, 1.82) is 0 Å². The molecule has 2 N–H and O–H groups in total. The molecule has 7 nitrogen and oxygen atoms in total. The van der Waals surface area contributed by atoms with E-state index >= 15 is 0 Å². The number of nitrogens with one attached hydrogen (secondary N) is 2. The first-order valence-electron chi connectivity index (χ1n) is 9.58. The summed E-state index contributed by atoms with van der Waals surface area (Å²) < 4.78 is 10.4. The highest BCUT2D eigenvalue weighted by molar-refractivity contribution is 5.98. The van der Waals surface area contributed by atoms with Crippen LogP contribution in [0.15, 0.2) is 84.0 Å². The van der Waals surface area contributed by atoms with E-state index in [1.165, 1.54) is 6.21 Å². The van der Waals surface area contributed by atoms with Crippen molar-refractivity contribution < 1.29 is 19.1 Å². The Morgan fingerprint density at radius 1 is 0.871 bits per heavy atom. The number of rotatable bonds is 8. The lowest BCUT2D eigenvalue weighted by Gasteiger charge is -2.18. The lowest BCUT2D eigenvalue weighted by Crippen LogP contribution is -2.38. The fraction of sp³-hybridized carbons (Fsp3) is 0.125. The Morgan fingerprint density at radius 2 is 1.55 bits per heavy atom. The summed E-state index contributed by atoms with van der Waals surface area (Å²) in [5, 5.41) is 6.80. The van der Waals surface area contributed by atoms with Crippen LogP contribution < -0.4 is 20.2 Å². The van der Waals surface area contributed by atoms with Crippen molar-refractivity contribution in [3.63, 3.8) is 0 Å². The fourth-order valence-corrected chi connectivity index (χ4v) is 2.90. The van der Waals surface area contributed by atoms with E-state index in [-0.39, 0.29) is 5.91 Å². The Hall–Kier alpha value is -4.13. The standard InChI is InChI=1S/C24H23N3O4/c1-30-20-14-12-17(13-15-20)22(26-23(28)18-8-4-3-5-9-18)24(29)27-25-16-19-10-6-7-11-21(19)31-2/h3-16,22H,1-2H3,(H,26,28)(H,27,29)/b25-16+. The van der Waals surface area contributed by atoms with Gasteiger partial charge in [0.05, 0.1) is 20.4 Å². The Labute approximate surface area is 180 Å². The maximum Gasteiger partial charge on any atom is 0.267 e. The monoisotopic (exact) mass is 417 g/mol. The third-order valence-corrected chi connectivity index (χ3v) is 4.54. The zero-order valence-corrected chi connectivity index (χ0v) is 17.2. The Bertz CT molecular complexity index is 1050. The molecule has 0 radical (unpaired) electrons. The lowest BCUT2D eigenvalue weighted by atomic mass is 10.1. The van der Waals surface area contributed by atoms with E-state index < -0.39 is 11.9 Å². The number of benzene rings is 3. The number of para-hydroxylation sites is 1. The number of hydrogen-bond acceptors (Lipinski definition) is 5. The normalized spacial score (nSPS) is 11.5. The molecule has 0 aliphatic rings. The smallest absolute Gasteiger partial charge is 0.267 e. The van der Waals surface area contributed by atoms with E-state index in [2.05, 4.69) is 15.8 Å². The molecule has 0 saturated heterocycles. The van der Waals surface area contributed by atoms with Gasteiger partial charge in [-0.2, -0.15) is 5.10 Å². The highest BCUT2D eigenvalue weighted by atomic mass is 16.5. The van der Waals surface area contributed by atoms with Gasteiger partial charge in [-0.15, -0.1) is 0 Å². The second-order valence-corrected chi connectivity index (χ2v) is 6.52. The van der Waals surface area contributed by atoms with Crippen molar-refractivity contribution in [2.75, 3.05) is 14.2 Å². The quantitative estimate of drug-likeness (QED) is 0.435. The molecule has 3 rings (SSSR count). The Balaban J connectivity index is 1.79. The molecule has 0 fully saturated rings. The van der Waals surface area contributed by atoms with Gasteiger partial charge in [0.1, 0.15) is 17.5 Å². The SMILES string of the molecule is COc1ccc(C(NC(=O)c2ccccc2)C(=O)N/N=C/c2ccccc2OC)cc1. The number of carbonyl (C=O) groups is 2. The zero-order valence-electron chi connectivity index (χ0n) is 17.2. The van der Waals surface area contributed by atoms with Gasteiger partial charge in [-0.05, 0) is 42.0 Å². The highest BCUT2D eigenvalue weighted by Crippen LogP contribution is 2.19. The number of nitrogens with zero attached hydrogens (tertiary/aromatic N) is 1. The highest BCUT2D eigenvalue weighted by Gasteiger charge is 2.23. The van der Waals surface area contributed by atoms with E-state index in [1.807, 2.05) is 24.3 Å². The molecule has 31 heavy (non-hydrogen) atoms. The van der Waals surface area contributed by atoms with Gasteiger partial charge in [0.15, 0.2) is 0 Å². The Morgan fingerprint density at radius 3 is 2.23 bits per heavy atom. The second-order valence-electron chi connectivity index (χ2n) is 6.52. The maximum atomic E-state index is 12.9. The molecule has 3 aromatic rings. The number of hydrogen-bond donors (Lipinski definition) is 2. The summed E-state index contributed by atoms with van der Waals surface area (Å²) >= 11 is 0. The van der Waals surface area contributed by atoms with Crippen LogP contribution in [-0.4, -0.2) is 32.2 Å². The molecule has 1 unspecified atom stereocenters. The molecule has 2 amide bonds. The van der Waals surface area contributed by atoms with Gasteiger partial charge in [-0.1, -0.05) is 42.5 Å². The van der Waals surface area contributed by atoms with Crippen LogP contribution in [0.2, 0.25) is 0 Å². The van der Waals surface area contributed by atoms with Crippen molar-refractivity contribution in [2.45, 2.75) is 6.04 Å². The summed E-state index contributed by atoms with van der Waals surface area (Å²) in [4.78, 5) is 25.6. The third kappa shape index (κ3) is 5.70. The van der Waals surface area contributed by atoms with Gasteiger partial charge in [0.2, 0.25) is 0 Å². The maximum absolute atomic E-state index is 12.9. The molecule has 0 aliphatic heterocycles. The average Bonchev–Trinajstić information content (AvgIpc) is 2.83. The van der Waals surface area contributed by atoms with Crippen LogP contribution in [0.4, 0.5) is 0 Å². The molecule has 3 aromatic carbocycles. The number of methoxy groups -OCH3 is 2. The minimum atomic E-state index is -0.951. The molecule has 0 saturated carbocycles. The van der Waals surface area contributed by atoms with E-state index in [0.29, 0.717) is 28.2 Å². The minimum absolute atomic E-state index is 0.370. The summed E-state index contributed by atoms with van der Waals surface area (Å²) in [6, 6.07) is 21.9. The third-order valence-electron chi connectivity index (χ3n) is 4.54. The molecule has 0 aromatic heterocycles. The predicted octanol–water partition coefficient (Wildman–Crippen LogP) is 3.33. The van der Waals surface area contributed by atoms with Crippen LogP contribution in [0.25, 0.3) is 0 Å². The topological polar surface area (TPSA) is 89.0 Å². The van der Waals surface area contributed by atoms with Gasteiger partial charge < -0.3 is 14.8 Å². The lowest BCUT2D eigenvalue weighted by molar-refractivity contribution is -0.123. The molecule has 158 valence electrons. The molecule has 0 spiro atoms. The van der Waals surface area contributed by atoms with Gasteiger partial charge in [0.25, 0.3) is 11.8 Å². The first-order chi connectivity index (χ1) is 15.1. The molecule has 0 aliphatic carbocycles. The molecular formula is C24H23N3O4. The van der Waals surface area contributed by atoms with Gasteiger partial charge >= 0.3 is 0 Å². The number of ether oxygens (including phenoxy) is 2.